The molecule has 0 aliphatic carbocycles. The molecule has 10 nitrogen and oxygen atoms in total. The molecule has 5 rings (SSSR count). The number of aromatic nitrogens is 3. The Morgan fingerprint density at radius 3 is 2.82 bits per heavy atom. The fraction of sp³-hybridized carbons (Fsp3) is 0.391. The Balaban J connectivity index is 1.32. The zero-order valence-corrected chi connectivity index (χ0v) is 19.6. The number of carbonyl (C=O) groups excluding carboxylic acids is 1. The van der Waals surface area contributed by atoms with Crippen molar-refractivity contribution in [1.82, 2.24) is 24.4 Å². The molecular formula is C23H24ClN5O5. The van der Waals surface area contributed by atoms with E-state index in [0.717, 1.165) is 22.6 Å². The third kappa shape index (κ3) is 3.92. The molecule has 1 fully saturated rings. The van der Waals surface area contributed by atoms with Crippen LogP contribution in [0.15, 0.2) is 24.3 Å². The summed E-state index contributed by atoms with van der Waals surface area (Å²) in [7, 11) is 0. The maximum atomic E-state index is 13.4. The summed E-state index contributed by atoms with van der Waals surface area (Å²) in [4.78, 5) is 32.2. The molecule has 11 heteroatoms. The van der Waals surface area contributed by atoms with Gasteiger partial charge in [0.25, 0.3) is 5.91 Å². The summed E-state index contributed by atoms with van der Waals surface area (Å²) in [6.07, 6.45) is -1.38. The quantitative estimate of drug-likeness (QED) is 0.605. The summed E-state index contributed by atoms with van der Waals surface area (Å²) in [5.41, 5.74) is 4.41. The van der Waals surface area contributed by atoms with Gasteiger partial charge < -0.3 is 24.4 Å². The number of ether oxygens (including phenoxy) is 2. The van der Waals surface area contributed by atoms with Crippen LogP contribution in [0.2, 0.25) is 5.02 Å². The van der Waals surface area contributed by atoms with E-state index in [-0.39, 0.29) is 19.1 Å². The van der Waals surface area contributed by atoms with E-state index in [9.17, 15) is 14.7 Å². The number of halogens is 1. The molecule has 2 aromatic heterocycles. The zero-order chi connectivity index (χ0) is 24.0. The predicted octanol–water partition coefficient (Wildman–Crippen LogP) is 2.91. The highest BCUT2D eigenvalue weighted by Gasteiger charge is 2.32. The van der Waals surface area contributed by atoms with E-state index in [0.29, 0.717) is 48.2 Å². The standard InChI is InChI=1S/C23H24ClN5O5/c1-13-20(24)14(2)29-21(25-13)17-10-28(11-18(17)26-29)22(30)16-5-3-4-6-19(16)34-12-15-9-27(23(31)32)7-8-33-15/h3-6,15H,7-12H2,1-2H3,(H,31,32). The van der Waals surface area contributed by atoms with Gasteiger partial charge in [-0.15, -0.1) is 0 Å². The molecule has 1 saturated heterocycles. The second-order valence-electron chi connectivity index (χ2n) is 8.45. The van der Waals surface area contributed by atoms with Crippen molar-refractivity contribution in [1.29, 1.82) is 0 Å². The minimum Gasteiger partial charge on any atom is -0.490 e. The number of aryl methyl sites for hydroxylation is 2. The van der Waals surface area contributed by atoms with Gasteiger partial charge in [-0.25, -0.2) is 14.3 Å². The molecule has 178 valence electrons. The summed E-state index contributed by atoms with van der Waals surface area (Å²) >= 11 is 6.32. The van der Waals surface area contributed by atoms with E-state index < -0.39 is 12.2 Å². The molecule has 2 aliphatic heterocycles. The number of morpholine rings is 1. The molecule has 0 radical (unpaired) electrons. The van der Waals surface area contributed by atoms with Crippen molar-refractivity contribution in [3.05, 3.63) is 57.5 Å². The topological polar surface area (TPSA) is 110 Å². The summed E-state index contributed by atoms with van der Waals surface area (Å²) in [6.45, 7) is 5.52. The third-order valence-electron chi connectivity index (χ3n) is 6.19. The lowest BCUT2D eigenvalue weighted by atomic mass is 10.1. The van der Waals surface area contributed by atoms with Crippen molar-refractivity contribution in [3.63, 3.8) is 0 Å². The maximum absolute atomic E-state index is 13.4. The number of nitrogens with zero attached hydrogens (tertiary/aromatic N) is 5. The lowest BCUT2D eigenvalue weighted by molar-refractivity contribution is -0.0413. The maximum Gasteiger partial charge on any atom is 0.407 e. The van der Waals surface area contributed by atoms with Gasteiger partial charge in [-0.2, -0.15) is 5.10 Å². The summed E-state index contributed by atoms with van der Waals surface area (Å²) in [6, 6.07) is 7.03. The van der Waals surface area contributed by atoms with E-state index in [2.05, 4.69) is 10.1 Å². The molecule has 2 amide bonds. The van der Waals surface area contributed by atoms with Gasteiger partial charge >= 0.3 is 6.09 Å². The molecule has 4 heterocycles. The van der Waals surface area contributed by atoms with Gasteiger partial charge in [0.1, 0.15) is 18.5 Å². The number of amides is 2. The predicted molar refractivity (Wildman–Crippen MR) is 122 cm³/mol. The monoisotopic (exact) mass is 485 g/mol. The molecule has 2 aliphatic rings. The lowest BCUT2D eigenvalue weighted by Gasteiger charge is -2.31. The fourth-order valence-corrected chi connectivity index (χ4v) is 4.50. The smallest absolute Gasteiger partial charge is 0.407 e. The second-order valence-corrected chi connectivity index (χ2v) is 8.82. The lowest BCUT2D eigenvalue weighted by Crippen LogP contribution is -2.47. The first-order chi connectivity index (χ1) is 16.3. The van der Waals surface area contributed by atoms with Gasteiger partial charge in [0.2, 0.25) is 0 Å². The molecule has 0 bridgehead atoms. The first-order valence-electron chi connectivity index (χ1n) is 11.0. The van der Waals surface area contributed by atoms with Crippen LogP contribution in [-0.2, 0) is 17.8 Å². The molecule has 0 saturated carbocycles. The number of benzene rings is 1. The Morgan fingerprint density at radius 2 is 2.03 bits per heavy atom. The Hall–Kier alpha value is -3.37. The second kappa shape index (κ2) is 8.77. The van der Waals surface area contributed by atoms with E-state index in [4.69, 9.17) is 21.1 Å². The first kappa shape index (κ1) is 22.4. The van der Waals surface area contributed by atoms with Crippen LogP contribution in [-0.4, -0.2) is 73.9 Å². The minimum atomic E-state index is -0.981. The molecular weight excluding hydrogens is 462 g/mol. The van der Waals surface area contributed by atoms with Gasteiger partial charge in [-0.1, -0.05) is 23.7 Å². The van der Waals surface area contributed by atoms with Crippen LogP contribution in [0.3, 0.4) is 0 Å². The van der Waals surface area contributed by atoms with Gasteiger partial charge in [-0.05, 0) is 26.0 Å². The number of hydrogen-bond acceptors (Lipinski definition) is 6. The third-order valence-corrected chi connectivity index (χ3v) is 6.74. The molecule has 1 aromatic carbocycles. The van der Waals surface area contributed by atoms with Crippen LogP contribution < -0.4 is 4.74 Å². The van der Waals surface area contributed by atoms with Crippen LogP contribution >= 0.6 is 11.6 Å². The average molecular weight is 486 g/mol. The molecule has 34 heavy (non-hydrogen) atoms. The number of rotatable bonds is 4. The number of hydrogen-bond donors (Lipinski definition) is 1. The molecule has 0 spiro atoms. The van der Waals surface area contributed by atoms with Crippen LogP contribution in [0.5, 0.6) is 5.75 Å². The van der Waals surface area contributed by atoms with Crippen molar-refractivity contribution in [2.45, 2.75) is 33.0 Å². The van der Waals surface area contributed by atoms with E-state index >= 15 is 0 Å². The van der Waals surface area contributed by atoms with E-state index in [1.807, 2.05) is 13.8 Å². The Kier molecular flexibility index (Phi) is 5.78. The number of carbonyl (C=O) groups is 2. The van der Waals surface area contributed by atoms with Crippen LogP contribution in [0.1, 0.15) is 33.0 Å². The van der Waals surface area contributed by atoms with Crippen LogP contribution in [0.4, 0.5) is 4.79 Å². The van der Waals surface area contributed by atoms with Gasteiger partial charge in [0.05, 0.1) is 53.9 Å². The number of fused-ring (bicyclic) bond motifs is 3. The highest BCUT2D eigenvalue weighted by atomic mass is 35.5. The highest BCUT2D eigenvalue weighted by Crippen LogP contribution is 2.31. The van der Waals surface area contributed by atoms with Crippen LogP contribution in [0.25, 0.3) is 5.65 Å². The number of para-hydroxylation sites is 1. The Bertz CT molecular complexity index is 1290. The largest absolute Gasteiger partial charge is 0.490 e. The van der Waals surface area contributed by atoms with Crippen molar-refractivity contribution in [3.8, 4) is 5.75 Å². The Labute approximate surface area is 200 Å². The minimum absolute atomic E-state index is 0.144. The highest BCUT2D eigenvalue weighted by molar-refractivity contribution is 6.31. The fourth-order valence-electron chi connectivity index (χ4n) is 4.37. The van der Waals surface area contributed by atoms with Crippen molar-refractivity contribution in [2.24, 2.45) is 0 Å². The van der Waals surface area contributed by atoms with Gasteiger partial charge in [-0.3, -0.25) is 4.79 Å². The van der Waals surface area contributed by atoms with E-state index in [1.54, 1.807) is 33.7 Å². The molecule has 1 unspecified atom stereocenters. The van der Waals surface area contributed by atoms with Crippen molar-refractivity contribution in [2.75, 3.05) is 26.3 Å². The number of carboxylic acid groups (broad SMARTS) is 1. The summed E-state index contributed by atoms with van der Waals surface area (Å²) < 4.78 is 13.3. The molecule has 1 atom stereocenters. The van der Waals surface area contributed by atoms with Gasteiger partial charge in [0, 0.05) is 12.1 Å². The Morgan fingerprint density at radius 1 is 1.24 bits per heavy atom. The molecule has 1 N–H and O–H groups in total. The van der Waals surface area contributed by atoms with Crippen molar-refractivity contribution < 1.29 is 24.2 Å². The van der Waals surface area contributed by atoms with E-state index in [1.165, 1.54) is 4.90 Å². The normalized spacial score (nSPS) is 17.8. The average Bonchev–Trinajstić information content (AvgIpc) is 3.40. The van der Waals surface area contributed by atoms with Crippen LogP contribution in [0, 0.1) is 13.8 Å². The SMILES string of the molecule is Cc1nc2c3c(nn2c(C)c1Cl)CN(C(=O)c1ccccc1OCC1CN(C(=O)O)CCO1)C3. The van der Waals surface area contributed by atoms with Crippen molar-refractivity contribution >= 4 is 29.2 Å². The summed E-state index contributed by atoms with van der Waals surface area (Å²) in [5.74, 6) is 0.254. The summed E-state index contributed by atoms with van der Waals surface area (Å²) in [5, 5.41) is 14.4. The first-order valence-corrected chi connectivity index (χ1v) is 11.3. The zero-order valence-electron chi connectivity index (χ0n) is 18.8. The molecule has 3 aromatic rings. The van der Waals surface area contributed by atoms with Gasteiger partial charge in [0.15, 0.2) is 5.65 Å².